The van der Waals surface area contributed by atoms with Gasteiger partial charge in [0.1, 0.15) is 12.4 Å². The maximum atomic E-state index is 14.2. The molecule has 2 aromatic carbocycles. The molecule has 1 aliphatic carbocycles. The number of hydrogen-bond donors (Lipinski definition) is 2. The second-order valence-electron chi connectivity index (χ2n) is 11.5. The number of aromatic nitrogens is 4. The average Bonchev–Trinajstić information content (AvgIpc) is 3.37. The van der Waals surface area contributed by atoms with Crippen LogP contribution in [-0.4, -0.2) is 55.8 Å². The van der Waals surface area contributed by atoms with Gasteiger partial charge in [-0.3, -0.25) is 4.79 Å². The number of aromatic amines is 1. The molecule has 5 aromatic rings. The number of benzene rings is 2. The van der Waals surface area contributed by atoms with E-state index in [9.17, 15) is 9.18 Å². The molecule has 9 heteroatoms. The summed E-state index contributed by atoms with van der Waals surface area (Å²) in [6, 6.07) is 13.2. The number of ether oxygens (including phenoxy) is 1. The number of nitrogens with two attached hydrogens (primary N) is 1. The van der Waals surface area contributed by atoms with Gasteiger partial charge in [-0.2, -0.15) is 0 Å². The van der Waals surface area contributed by atoms with Crippen molar-refractivity contribution in [1.82, 2.24) is 24.0 Å². The number of nitrogens with one attached hydrogen (secondary N) is 1. The fourth-order valence-corrected chi connectivity index (χ4v) is 6.27. The largest absolute Gasteiger partial charge is 0.491 e. The molecule has 0 spiro atoms. The number of hydrogen-bond acceptors (Lipinski definition) is 4. The van der Waals surface area contributed by atoms with Crippen molar-refractivity contribution in [2.24, 2.45) is 18.7 Å². The van der Waals surface area contributed by atoms with Crippen LogP contribution in [0.3, 0.4) is 0 Å². The highest BCUT2D eigenvalue weighted by Crippen LogP contribution is 2.45. The fourth-order valence-electron chi connectivity index (χ4n) is 6.27. The molecule has 1 fully saturated rings. The number of carbonyl (C=O) groups is 1. The molecule has 1 amide bonds. The van der Waals surface area contributed by atoms with Crippen molar-refractivity contribution in [3.8, 4) is 5.75 Å². The molecule has 2 unspecified atom stereocenters. The van der Waals surface area contributed by atoms with Gasteiger partial charge in [-0.1, -0.05) is 12.1 Å². The van der Waals surface area contributed by atoms with Crippen molar-refractivity contribution in [2.45, 2.75) is 44.3 Å². The number of para-hydroxylation sites is 1. The van der Waals surface area contributed by atoms with Crippen LogP contribution in [0.25, 0.3) is 21.9 Å². The Hall–Kier alpha value is -4.11. The van der Waals surface area contributed by atoms with E-state index in [1.165, 1.54) is 18.4 Å². The van der Waals surface area contributed by atoms with E-state index in [1.54, 1.807) is 11.2 Å². The predicted molar refractivity (Wildman–Crippen MR) is 157 cm³/mol. The summed E-state index contributed by atoms with van der Waals surface area (Å²) in [5.41, 5.74) is 12.7. The second-order valence-corrected chi connectivity index (χ2v) is 11.5. The first-order valence-electron chi connectivity index (χ1n) is 14.4. The lowest BCUT2D eigenvalue weighted by atomic mass is 9.90. The van der Waals surface area contributed by atoms with Crippen molar-refractivity contribution >= 4 is 27.8 Å². The maximum Gasteiger partial charge on any atom is 0.254 e. The van der Waals surface area contributed by atoms with Gasteiger partial charge in [0.2, 0.25) is 0 Å². The number of aryl methyl sites for hydroxylation is 1. The van der Waals surface area contributed by atoms with Crippen LogP contribution in [-0.2, 0) is 26.4 Å². The Labute approximate surface area is 237 Å². The van der Waals surface area contributed by atoms with Crippen LogP contribution in [0, 0.1) is 5.92 Å². The lowest BCUT2D eigenvalue weighted by molar-refractivity contribution is 0.0615. The van der Waals surface area contributed by atoms with E-state index in [0.29, 0.717) is 24.5 Å². The van der Waals surface area contributed by atoms with Crippen LogP contribution in [0.5, 0.6) is 5.75 Å². The molecule has 3 aromatic heterocycles. The Morgan fingerprint density at radius 3 is 2.83 bits per heavy atom. The van der Waals surface area contributed by atoms with Gasteiger partial charge in [-0.05, 0) is 66.6 Å². The smallest absolute Gasteiger partial charge is 0.254 e. The Morgan fingerprint density at radius 2 is 2.05 bits per heavy atom. The van der Waals surface area contributed by atoms with Crippen molar-refractivity contribution in [1.29, 1.82) is 0 Å². The number of halogens is 1. The molecule has 3 N–H and O–H groups in total. The number of nitrogens with zero attached hydrogens (tertiary/aromatic N) is 4. The van der Waals surface area contributed by atoms with Crippen LogP contribution in [0.2, 0.25) is 0 Å². The van der Waals surface area contributed by atoms with Crippen molar-refractivity contribution in [3.63, 3.8) is 0 Å². The van der Waals surface area contributed by atoms with Crippen LogP contribution < -0.4 is 10.5 Å². The highest BCUT2D eigenvalue weighted by molar-refractivity contribution is 6.01. The van der Waals surface area contributed by atoms with Crippen molar-refractivity contribution in [2.75, 3.05) is 19.8 Å². The van der Waals surface area contributed by atoms with Gasteiger partial charge in [0, 0.05) is 49.9 Å². The number of amides is 1. The third-order valence-electron chi connectivity index (χ3n) is 8.58. The molecule has 2 aliphatic rings. The van der Waals surface area contributed by atoms with Gasteiger partial charge in [-0.15, -0.1) is 0 Å². The lowest BCUT2D eigenvalue weighted by Gasteiger charge is -2.39. The number of carbonyl (C=O) groups excluding carboxylic acids is 1. The highest BCUT2D eigenvalue weighted by Gasteiger charge is 2.40. The molecular weight excluding hydrogens is 519 g/mol. The first kappa shape index (κ1) is 25.8. The monoisotopic (exact) mass is 554 g/mol. The van der Waals surface area contributed by atoms with Crippen LogP contribution in [0.1, 0.15) is 46.1 Å². The van der Waals surface area contributed by atoms with E-state index >= 15 is 0 Å². The summed E-state index contributed by atoms with van der Waals surface area (Å²) >= 11 is 0. The van der Waals surface area contributed by atoms with Crippen molar-refractivity contribution < 1.29 is 13.9 Å². The summed E-state index contributed by atoms with van der Waals surface area (Å²) in [7, 11) is 1.96. The Morgan fingerprint density at radius 1 is 1.20 bits per heavy atom. The summed E-state index contributed by atoms with van der Waals surface area (Å²) in [5.74, 6) is 1.26. The molecule has 41 heavy (non-hydrogen) atoms. The number of alkyl halides is 1. The zero-order valence-electron chi connectivity index (χ0n) is 23.2. The summed E-state index contributed by atoms with van der Waals surface area (Å²) in [6.45, 7) is 0.776. The Balaban J connectivity index is 1.38. The minimum absolute atomic E-state index is 0.118. The van der Waals surface area contributed by atoms with Gasteiger partial charge in [0.25, 0.3) is 5.91 Å². The molecule has 4 heterocycles. The van der Waals surface area contributed by atoms with Gasteiger partial charge in [0.05, 0.1) is 47.3 Å². The molecule has 212 valence electrons. The zero-order valence-corrected chi connectivity index (χ0v) is 23.2. The SMILES string of the molecule is Cn1cnc2cc3c(cc21)CC(c1c(OCCc2cc[nH]c2)c2ccccc2n1CC1CC1)N(CC(N)CF)C3=O. The molecule has 2 atom stereocenters. The molecule has 8 nitrogen and oxygen atoms in total. The molecular formula is C32H35FN6O2. The summed E-state index contributed by atoms with van der Waals surface area (Å²) in [6.07, 6.45) is 9.38. The fraction of sp³-hybridized carbons (Fsp3) is 0.375. The van der Waals surface area contributed by atoms with Gasteiger partial charge >= 0.3 is 0 Å². The third kappa shape index (κ3) is 4.68. The number of fused-ring (bicyclic) bond motifs is 3. The number of rotatable bonds is 10. The van der Waals surface area contributed by atoms with E-state index in [4.69, 9.17) is 10.5 Å². The molecule has 0 saturated heterocycles. The number of H-pyrrole nitrogens is 1. The highest BCUT2D eigenvalue weighted by atomic mass is 19.1. The normalized spacial score (nSPS) is 17.9. The minimum atomic E-state index is -0.777. The van der Waals surface area contributed by atoms with E-state index < -0.39 is 12.7 Å². The number of imidazole rings is 1. The quantitative estimate of drug-likeness (QED) is 0.256. The molecule has 7 rings (SSSR count). The van der Waals surface area contributed by atoms with Crippen LogP contribution in [0.15, 0.2) is 61.2 Å². The average molecular weight is 555 g/mol. The predicted octanol–water partition coefficient (Wildman–Crippen LogP) is 4.92. The van der Waals surface area contributed by atoms with Crippen molar-refractivity contribution in [3.05, 3.63) is 83.6 Å². The second kappa shape index (κ2) is 10.4. The van der Waals surface area contributed by atoms with Gasteiger partial charge in [0.15, 0.2) is 0 Å². The summed E-state index contributed by atoms with van der Waals surface area (Å²) < 4.78 is 24.8. The van der Waals surface area contributed by atoms with E-state index in [2.05, 4.69) is 44.9 Å². The van der Waals surface area contributed by atoms with E-state index in [-0.39, 0.29) is 18.5 Å². The zero-order chi connectivity index (χ0) is 28.1. The minimum Gasteiger partial charge on any atom is -0.491 e. The van der Waals surface area contributed by atoms with E-state index in [1.807, 2.05) is 36.1 Å². The van der Waals surface area contributed by atoms with E-state index in [0.717, 1.165) is 51.9 Å². The molecule has 0 bridgehead atoms. The Kier molecular flexibility index (Phi) is 6.54. The summed E-state index contributed by atoms with van der Waals surface area (Å²) in [4.78, 5) is 23.6. The lowest BCUT2D eigenvalue weighted by Crippen LogP contribution is -2.47. The standard InChI is InChI=1S/C32H35FN6O2/c1-37-19-36-26-14-25-22(12-28(26)37)13-29(39(32(25)40)18-23(34)15-33)30-31(41-11-9-20-8-10-35-16-20)24-4-2-3-5-27(24)38(30)17-21-6-7-21/h2-5,8,10,12,14,16,19,21,23,29,35H,6-7,9,11,13,15,17-18,34H2,1H3. The third-order valence-corrected chi connectivity index (χ3v) is 8.58. The Bertz CT molecular complexity index is 1720. The topological polar surface area (TPSA) is 94.1 Å². The van der Waals surface area contributed by atoms with Crippen LogP contribution in [0.4, 0.5) is 4.39 Å². The summed E-state index contributed by atoms with van der Waals surface area (Å²) in [5, 5.41) is 1.03. The maximum absolute atomic E-state index is 14.2. The molecule has 1 saturated carbocycles. The van der Waals surface area contributed by atoms with Gasteiger partial charge < -0.3 is 29.5 Å². The molecule has 0 radical (unpaired) electrons. The van der Waals surface area contributed by atoms with Crippen LogP contribution >= 0.6 is 0 Å². The molecule has 1 aliphatic heterocycles. The first-order chi connectivity index (χ1) is 20.0. The first-order valence-corrected chi connectivity index (χ1v) is 14.4. The van der Waals surface area contributed by atoms with Gasteiger partial charge in [-0.25, -0.2) is 9.37 Å².